The Morgan fingerprint density at radius 1 is 1.15 bits per heavy atom. The van der Waals surface area contributed by atoms with E-state index in [1.165, 1.54) is 6.20 Å². The maximum atomic E-state index is 9.45. The minimum Gasteiger partial charge on any atom is -0.437 e. The molecule has 5 heteroatoms. The number of aromatic nitrogens is 2. The number of rotatable bonds is 3. The summed E-state index contributed by atoms with van der Waals surface area (Å²) in [6, 6.07) is 11.2. The monoisotopic (exact) mass is 286 g/mol. The summed E-state index contributed by atoms with van der Waals surface area (Å²) < 4.78 is 5.67. The van der Waals surface area contributed by atoms with E-state index >= 15 is 0 Å². The lowest BCUT2D eigenvalue weighted by Crippen LogP contribution is -1.96. The van der Waals surface area contributed by atoms with Gasteiger partial charge in [0.05, 0.1) is 23.3 Å². The van der Waals surface area contributed by atoms with Gasteiger partial charge in [-0.05, 0) is 12.1 Å². The van der Waals surface area contributed by atoms with Crippen LogP contribution in [0.1, 0.15) is 5.56 Å². The standard InChI is InChI=1S/C15H11ClN2O2/c16-12-6-13(8-17-7-12)20-15-11(9-19)5-10-3-1-2-4-14(10)18-15/h1-8,19H,9H2. The lowest BCUT2D eigenvalue weighted by atomic mass is 10.1. The number of hydrogen-bond acceptors (Lipinski definition) is 4. The first-order valence-electron chi connectivity index (χ1n) is 6.04. The van der Waals surface area contributed by atoms with Crippen molar-refractivity contribution in [2.75, 3.05) is 0 Å². The van der Waals surface area contributed by atoms with Crippen LogP contribution in [0.4, 0.5) is 0 Å². The third-order valence-electron chi connectivity index (χ3n) is 2.83. The SMILES string of the molecule is OCc1cc2ccccc2nc1Oc1cncc(Cl)c1. The molecule has 20 heavy (non-hydrogen) atoms. The number of aliphatic hydroxyl groups is 1. The molecule has 3 rings (SSSR count). The second-order valence-corrected chi connectivity index (χ2v) is 4.68. The second kappa shape index (κ2) is 5.45. The predicted octanol–water partition coefficient (Wildman–Crippen LogP) is 3.57. The second-order valence-electron chi connectivity index (χ2n) is 4.24. The molecule has 0 spiro atoms. The van der Waals surface area contributed by atoms with Crippen LogP contribution in [-0.2, 0) is 6.61 Å². The van der Waals surface area contributed by atoms with Gasteiger partial charge in [0.2, 0.25) is 5.88 Å². The zero-order valence-electron chi connectivity index (χ0n) is 10.5. The van der Waals surface area contributed by atoms with Gasteiger partial charge < -0.3 is 9.84 Å². The summed E-state index contributed by atoms with van der Waals surface area (Å²) in [7, 11) is 0. The molecule has 100 valence electrons. The van der Waals surface area contributed by atoms with Gasteiger partial charge >= 0.3 is 0 Å². The Labute approximate surface area is 120 Å². The number of nitrogens with zero attached hydrogens (tertiary/aromatic N) is 2. The number of aliphatic hydroxyl groups excluding tert-OH is 1. The summed E-state index contributed by atoms with van der Waals surface area (Å²) in [5.74, 6) is 0.838. The van der Waals surface area contributed by atoms with Gasteiger partial charge in [0.15, 0.2) is 0 Å². The number of pyridine rings is 2. The van der Waals surface area contributed by atoms with E-state index in [0.717, 1.165) is 10.9 Å². The minimum absolute atomic E-state index is 0.152. The summed E-state index contributed by atoms with van der Waals surface area (Å²) in [6.45, 7) is -0.152. The van der Waals surface area contributed by atoms with E-state index in [-0.39, 0.29) is 6.61 Å². The molecule has 1 N–H and O–H groups in total. The first-order chi connectivity index (χ1) is 9.76. The van der Waals surface area contributed by atoms with Crippen molar-refractivity contribution in [3.63, 3.8) is 0 Å². The van der Waals surface area contributed by atoms with Crippen molar-refractivity contribution in [2.45, 2.75) is 6.61 Å². The van der Waals surface area contributed by atoms with E-state index in [2.05, 4.69) is 9.97 Å². The van der Waals surface area contributed by atoms with Gasteiger partial charge in [0, 0.05) is 23.2 Å². The first-order valence-corrected chi connectivity index (χ1v) is 6.42. The molecule has 0 bridgehead atoms. The first kappa shape index (κ1) is 12.8. The van der Waals surface area contributed by atoms with Crippen LogP contribution in [0.2, 0.25) is 5.02 Å². The molecule has 2 aromatic heterocycles. The number of halogens is 1. The molecule has 0 aliphatic rings. The Balaban J connectivity index is 2.05. The molecule has 0 saturated carbocycles. The van der Waals surface area contributed by atoms with Crippen LogP contribution in [-0.4, -0.2) is 15.1 Å². The van der Waals surface area contributed by atoms with Crippen LogP contribution >= 0.6 is 11.6 Å². The predicted molar refractivity (Wildman–Crippen MR) is 77.0 cm³/mol. The lowest BCUT2D eigenvalue weighted by Gasteiger charge is -2.10. The third kappa shape index (κ3) is 2.57. The lowest BCUT2D eigenvalue weighted by molar-refractivity contribution is 0.275. The molecule has 0 aliphatic carbocycles. The van der Waals surface area contributed by atoms with E-state index < -0.39 is 0 Å². The maximum Gasteiger partial charge on any atom is 0.225 e. The van der Waals surface area contributed by atoms with Crippen LogP contribution < -0.4 is 4.74 Å². The summed E-state index contributed by atoms with van der Waals surface area (Å²) in [6.07, 6.45) is 3.07. The van der Waals surface area contributed by atoms with Gasteiger partial charge in [-0.15, -0.1) is 0 Å². The molecule has 3 aromatic rings. The molecule has 1 aromatic carbocycles. The number of hydrogen-bond donors (Lipinski definition) is 1. The van der Waals surface area contributed by atoms with Crippen LogP contribution in [0.5, 0.6) is 11.6 Å². The number of fused-ring (bicyclic) bond motifs is 1. The average molecular weight is 287 g/mol. The zero-order valence-corrected chi connectivity index (χ0v) is 11.2. The molecular weight excluding hydrogens is 276 g/mol. The van der Waals surface area contributed by atoms with Gasteiger partial charge in [-0.3, -0.25) is 4.98 Å². The molecule has 0 amide bonds. The van der Waals surface area contributed by atoms with Gasteiger partial charge in [0.25, 0.3) is 0 Å². The summed E-state index contributed by atoms with van der Waals surface area (Å²) >= 11 is 5.87. The van der Waals surface area contributed by atoms with Crippen molar-refractivity contribution in [3.8, 4) is 11.6 Å². The highest BCUT2D eigenvalue weighted by Gasteiger charge is 2.09. The fourth-order valence-electron chi connectivity index (χ4n) is 1.90. The number of para-hydroxylation sites is 1. The van der Waals surface area contributed by atoms with Gasteiger partial charge in [-0.25, -0.2) is 4.98 Å². The van der Waals surface area contributed by atoms with E-state index in [4.69, 9.17) is 16.3 Å². The van der Waals surface area contributed by atoms with Gasteiger partial charge in [0.1, 0.15) is 5.75 Å². The van der Waals surface area contributed by atoms with Crippen molar-refractivity contribution in [2.24, 2.45) is 0 Å². The highest BCUT2D eigenvalue weighted by atomic mass is 35.5. The van der Waals surface area contributed by atoms with Gasteiger partial charge in [-0.1, -0.05) is 29.8 Å². The van der Waals surface area contributed by atoms with Crippen molar-refractivity contribution >= 4 is 22.5 Å². The highest BCUT2D eigenvalue weighted by molar-refractivity contribution is 6.30. The van der Waals surface area contributed by atoms with Crippen molar-refractivity contribution in [1.82, 2.24) is 9.97 Å². The average Bonchev–Trinajstić information content (AvgIpc) is 2.46. The minimum atomic E-state index is -0.152. The molecule has 0 aliphatic heterocycles. The summed E-state index contributed by atoms with van der Waals surface area (Å²) in [5.41, 5.74) is 1.42. The smallest absolute Gasteiger partial charge is 0.225 e. The van der Waals surface area contributed by atoms with Crippen molar-refractivity contribution in [1.29, 1.82) is 0 Å². The molecule has 0 unspecified atom stereocenters. The molecule has 0 fully saturated rings. The van der Waals surface area contributed by atoms with Crippen LogP contribution in [0, 0.1) is 0 Å². The summed E-state index contributed by atoms with van der Waals surface area (Å²) in [5, 5.41) is 10.9. The molecule has 0 radical (unpaired) electrons. The Bertz CT molecular complexity index is 762. The van der Waals surface area contributed by atoms with E-state index in [0.29, 0.717) is 22.2 Å². The Hall–Kier alpha value is -2.17. The number of benzene rings is 1. The Morgan fingerprint density at radius 3 is 2.80 bits per heavy atom. The third-order valence-corrected chi connectivity index (χ3v) is 3.03. The quantitative estimate of drug-likeness (QED) is 0.800. The van der Waals surface area contributed by atoms with E-state index in [1.807, 2.05) is 30.3 Å². The van der Waals surface area contributed by atoms with Crippen LogP contribution in [0.15, 0.2) is 48.8 Å². The molecule has 2 heterocycles. The van der Waals surface area contributed by atoms with Crippen LogP contribution in [0.3, 0.4) is 0 Å². The van der Waals surface area contributed by atoms with Crippen molar-refractivity contribution < 1.29 is 9.84 Å². The molecule has 0 atom stereocenters. The number of ether oxygens (including phenoxy) is 1. The summed E-state index contributed by atoms with van der Waals surface area (Å²) in [4.78, 5) is 8.37. The maximum absolute atomic E-state index is 9.45. The van der Waals surface area contributed by atoms with E-state index in [1.54, 1.807) is 12.3 Å². The molecule has 4 nitrogen and oxygen atoms in total. The Morgan fingerprint density at radius 2 is 2.00 bits per heavy atom. The van der Waals surface area contributed by atoms with E-state index in [9.17, 15) is 5.11 Å². The topological polar surface area (TPSA) is 55.2 Å². The highest BCUT2D eigenvalue weighted by Crippen LogP contribution is 2.27. The molecular formula is C15H11ClN2O2. The largest absolute Gasteiger partial charge is 0.437 e. The fraction of sp³-hybridized carbons (Fsp3) is 0.0667. The molecule has 0 saturated heterocycles. The van der Waals surface area contributed by atoms with Gasteiger partial charge in [-0.2, -0.15) is 0 Å². The van der Waals surface area contributed by atoms with Crippen molar-refractivity contribution in [3.05, 3.63) is 59.4 Å². The Kier molecular flexibility index (Phi) is 3.50. The normalized spacial score (nSPS) is 10.7. The fourth-order valence-corrected chi connectivity index (χ4v) is 2.07. The van der Waals surface area contributed by atoms with Crippen LogP contribution in [0.25, 0.3) is 10.9 Å². The zero-order chi connectivity index (χ0) is 13.9.